The van der Waals surface area contributed by atoms with Crippen LogP contribution in [0.3, 0.4) is 0 Å². The van der Waals surface area contributed by atoms with E-state index in [2.05, 4.69) is 34.2 Å². The Labute approximate surface area is 199 Å². The molecule has 0 radical (unpaired) electrons. The molecule has 176 valence electrons. The van der Waals surface area contributed by atoms with Crippen molar-refractivity contribution >= 4 is 6.41 Å². The van der Waals surface area contributed by atoms with Crippen LogP contribution < -0.4 is 0 Å². The molecule has 34 heavy (non-hydrogen) atoms. The van der Waals surface area contributed by atoms with Gasteiger partial charge in [-0.25, -0.2) is 15.0 Å². The molecule has 8 nitrogen and oxygen atoms in total. The van der Waals surface area contributed by atoms with Gasteiger partial charge in [0.05, 0.1) is 23.3 Å². The van der Waals surface area contributed by atoms with E-state index >= 15 is 0 Å². The molecule has 0 saturated carbocycles. The fourth-order valence-electron chi connectivity index (χ4n) is 4.05. The monoisotopic (exact) mass is 458 g/mol. The first-order chi connectivity index (χ1) is 16.3. The first-order valence-electron chi connectivity index (χ1n) is 11.2. The van der Waals surface area contributed by atoms with Gasteiger partial charge in [-0.05, 0) is 52.0 Å². The van der Waals surface area contributed by atoms with Crippen LogP contribution in [0, 0.1) is 6.92 Å². The van der Waals surface area contributed by atoms with E-state index in [0.29, 0.717) is 6.42 Å². The Hall–Kier alpha value is -3.78. The molecular weight excluding hydrogens is 428 g/mol. The number of carbonyl (C=O) groups excluding carboxylic acids is 1. The van der Waals surface area contributed by atoms with Crippen LogP contribution in [0.2, 0.25) is 0 Å². The van der Waals surface area contributed by atoms with E-state index in [9.17, 15) is 4.79 Å². The molecule has 1 aromatic carbocycles. The zero-order chi connectivity index (χ0) is 24.3. The second-order valence-corrected chi connectivity index (χ2v) is 9.19. The van der Waals surface area contributed by atoms with E-state index in [1.165, 1.54) is 5.06 Å². The lowest BCUT2D eigenvalue weighted by molar-refractivity contribution is -0.235. The maximum atomic E-state index is 12.1. The zero-order valence-corrected chi connectivity index (χ0v) is 20.2. The van der Waals surface area contributed by atoms with E-state index in [1.807, 2.05) is 68.3 Å². The lowest BCUT2D eigenvalue weighted by Crippen LogP contribution is -2.38. The van der Waals surface area contributed by atoms with Gasteiger partial charge in [-0.1, -0.05) is 18.2 Å². The number of pyridine rings is 1. The van der Waals surface area contributed by atoms with E-state index in [0.717, 1.165) is 40.6 Å². The molecule has 8 heteroatoms. The van der Waals surface area contributed by atoms with Crippen molar-refractivity contribution in [2.75, 3.05) is 0 Å². The maximum absolute atomic E-state index is 12.1. The highest BCUT2D eigenvalue weighted by atomic mass is 16.7. The normalized spacial score (nSPS) is 12.5. The number of amides is 1. The largest absolute Gasteiger partial charge is 0.329 e. The summed E-state index contributed by atoms with van der Waals surface area (Å²) >= 11 is 0. The van der Waals surface area contributed by atoms with Gasteiger partial charge in [0.2, 0.25) is 6.41 Å². The smallest absolute Gasteiger partial charge is 0.234 e. The van der Waals surface area contributed by atoms with Crippen molar-refractivity contribution in [1.29, 1.82) is 0 Å². The SMILES string of the molecule is Cc1nc([C@H](Cc2ccccn2)N(C=O)OC(C)(C)C)n(C)c1-c1ccc(-n2ccnc2)cc1. The number of hydrogen-bond donors (Lipinski definition) is 0. The number of rotatable bonds is 8. The second kappa shape index (κ2) is 9.61. The molecule has 1 atom stereocenters. The van der Waals surface area contributed by atoms with Gasteiger partial charge in [0, 0.05) is 49.0 Å². The number of aryl methyl sites for hydroxylation is 1. The van der Waals surface area contributed by atoms with Gasteiger partial charge in [-0.15, -0.1) is 0 Å². The Bertz CT molecular complexity index is 1230. The highest BCUT2D eigenvalue weighted by Crippen LogP contribution is 2.31. The molecule has 0 unspecified atom stereocenters. The number of hydroxylamine groups is 2. The van der Waals surface area contributed by atoms with E-state index in [1.54, 1.807) is 18.7 Å². The third-order valence-corrected chi connectivity index (χ3v) is 5.46. The first-order valence-corrected chi connectivity index (χ1v) is 11.2. The van der Waals surface area contributed by atoms with Crippen LogP contribution in [-0.4, -0.2) is 41.2 Å². The third kappa shape index (κ3) is 5.07. The Morgan fingerprint density at radius 2 is 1.88 bits per heavy atom. The summed E-state index contributed by atoms with van der Waals surface area (Å²) in [5, 5.41) is 1.36. The minimum atomic E-state index is -0.546. The Balaban J connectivity index is 1.73. The van der Waals surface area contributed by atoms with Crippen LogP contribution in [-0.2, 0) is 23.1 Å². The van der Waals surface area contributed by atoms with Crippen molar-refractivity contribution in [3.8, 4) is 16.9 Å². The molecule has 0 aliphatic rings. The van der Waals surface area contributed by atoms with Crippen molar-refractivity contribution in [2.24, 2.45) is 7.05 Å². The molecular formula is C26H30N6O2. The van der Waals surface area contributed by atoms with E-state index in [4.69, 9.17) is 9.82 Å². The van der Waals surface area contributed by atoms with Crippen molar-refractivity contribution in [1.82, 2.24) is 29.1 Å². The summed E-state index contributed by atoms with van der Waals surface area (Å²) in [4.78, 5) is 31.6. The maximum Gasteiger partial charge on any atom is 0.234 e. The standard InChI is InChI=1S/C26H30N6O2/c1-19-24(20-9-11-22(12-10-20)31-15-14-27-17-31)30(5)25(29-19)23(16-21-8-6-7-13-28-21)32(18-33)34-26(2,3)4/h6-15,17-18,23H,16H2,1-5H3/t23-/m0/s1. The molecule has 0 aliphatic heterocycles. The van der Waals surface area contributed by atoms with E-state index in [-0.39, 0.29) is 0 Å². The van der Waals surface area contributed by atoms with Gasteiger partial charge < -0.3 is 9.13 Å². The van der Waals surface area contributed by atoms with Gasteiger partial charge >= 0.3 is 0 Å². The molecule has 0 N–H and O–H groups in total. The first kappa shape index (κ1) is 23.4. The number of carbonyl (C=O) groups is 1. The topological polar surface area (TPSA) is 78.1 Å². The van der Waals surface area contributed by atoms with Crippen LogP contribution in [0.5, 0.6) is 0 Å². The van der Waals surface area contributed by atoms with Crippen LogP contribution in [0.1, 0.15) is 44.0 Å². The second-order valence-electron chi connectivity index (χ2n) is 9.19. The van der Waals surface area contributed by atoms with Gasteiger partial charge in [0.1, 0.15) is 11.9 Å². The van der Waals surface area contributed by atoms with Crippen molar-refractivity contribution in [3.63, 3.8) is 0 Å². The Morgan fingerprint density at radius 3 is 2.47 bits per heavy atom. The van der Waals surface area contributed by atoms with Crippen molar-refractivity contribution in [3.05, 3.63) is 84.6 Å². The van der Waals surface area contributed by atoms with Gasteiger partial charge in [0.15, 0.2) is 0 Å². The highest BCUT2D eigenvalue weighted by Gasteiger charge is 2.30. The Morgan fingerprint density at radius 1 is 1.12 bits per heavy atom. The lowest BCUT2D eigenvalue weighted by Gasteiger charge is -2.32. The Kier molecular flexibility index (Phi) is 6.61. The van der Waals surface area contributed by atoms with Gasteiger partial charge in [0.25, 0.3) is 0 Å². The highest BCUT2D eigenvalue weighted by molar-refractivity contribution is 5.64. The van der Waals surface area contributed by atoms with Gasteiger partial charge in [-0.2, -0.15) is 0 Å². The molecule has 0 bridgehead atoms. The molecule has 3 heterocycles. The van der Waals surface area contributed by atoms with Crippen LogP contribution in [0.15, 0.2) is 67.4 Å². The quantitative estimate of drug-likeness (QED) is 0.288. The summed E-state index contributed by atoms with van der Waals surface area (Å²) in [6.07, 6.45) is 8.38. The fourth-order valence-corrected chi connectivity index (χ4v) is 4.05. The molecule has 0 aliphatic carbocycles. The van der Waals surface area contributed by atoms with Crippen LogP contribution >= 0.6 is 0 Å². The third-order valence-electron chi connectivity index (χ3n) is 5.46. The molecule has 0 saturated heterocycles. The lowest BCUT2D eigenvalue weighted by atomic mass is 10.1. The minimum Gasteiger partial charge on any atom is -0.329 e. The molecule has 4 aromatic rings. The molecule has 1 amide bonds. The molecule has 0 spiro atoms. The predicted molar refractivity (Wildman–Crippen MR) is 130 cm³/mol. The summed E-state index contributed by atoms with van der Waals surface area (Å²) in [5.74, 6) is 0.730. The predicted octanol–water partition coefficient (Wildman–Crippen LogP) is 4.45. The number of nitrogens with zero attached hydrogens (tertiary/aromatic N) is 6. The van der Waals surface area contributed by atoms with Gasteiger partial charge in [-0.3, -0.25) is 14.6 Å². The van der Waals surface area contributed by atoms with E-state index < -0.39 is 11.6 Å². The average molecular weight is 459 g/mol. The van der Waals surface area contributed by atoms with Crippen molar-refractivity contribution < 1.29 is 9.63 Å². The summed E-state index contributed by atoms with van der Waals surface area (Å²) in [7, 11) is 1.97. The number of hydrogen-bond acceptors (Lipinski definition) is 5. The number of benzene rings is 1. The summed E-state index contributed by atoms with van der Waals surface area (Å²) in [6.45, 7) is 7.73. The average Bonchev–Trinajstić information content (AvgIpc) is 3.44. The molecule has 0 fully saturated rings. The van der Waals surface area contributed by atoms with Crippen LogP contribution in [0.25, 0.3) is 16.9 Å². The molecule has 3 aromatic heterocycles. The summed E-state index contributed by atoms with van der Waals surface area (Å²) in [6, 6.07) is 13.5. The molecule has 4 rings (SSSR count). The van der Waals surface area contributed by atoms with Crippen molar-refractivity contribution in [2.45, 2.75) is 45.8 Å². The summed E-state index contributed by atoms with van der Waals surface area (Å²) in [5.41, 5.74) is 4.23. The fraction of sp³-hybridized carbons (Fsp3) is 0.308. The summed E-state index contributed by atoms with van der Waals surface area (Å²) < 4.78 is 4.00. The number of imidazole rings is 2. The van der Waals surface area contributed by atoms with Crippen LogP contribution in [0.4, 0.5) is 0 Å². The number of aromatic nitrogens is 5. The zero-order valence-electron chi connectivity index (χ0n) is 20.2. The minimum absolute atomic E-state index is 0.450.